The quantitative estimate of drug-likeness (QED) is 0.446. The molecular formula is C12H24N3O4+. The number of aliphatic hydroxyl groups excluding tert-OH is 1. The first-order valence-electron chi connectivity index (χ1n) is 6.42. The van der Waals surface area contributed by atoms with Crippen LogP contribution in [0.4, 0.5) is 0 Å². The van der Waals surface area contributed by atoms with Crippen LogP contribution in [-0.4, -0.2) is 63.7 Å². The van der Waals surface area contributed by atoms with Crippen molar-refractivity contribution >= 4 is 5.91 Å². The zero-order valence-electron chi connectivity index (χ0n) is 11.4. The summed E-state index contributed by atoms with van der Waals surface area (Å²) in [7, 11) is 0. The summed E-state index contributed by atoms with van der Waals surface area (Å²) in [6.45, 7) is 4.79. The van der Waals surface area contributed by atoms with Gasteiger partial charge >= 0.3 is 0 Å². The summed E-state index contributed by atoms with van der Waals surface area (Å²) in [5.41, 5.74) is 5.25. The SMILES string of the molecule is CC[N+]#CC(CO)C(=O)NCCOCCOCCN. The molecule has 7 heteroatoms. The Hall–Kier alpha value is -1.20. The second kappa shape index (κ2) is 13.2. The predicted octanol–water partition coefficient (Wildman–Crippen LogP) is -0.944. The predicted molar refractivity (Wildman–Crippen MR) is 72.1 cm³/mol. The van der Waals surface area contributed by atoms with Gasteiger partial charge in [0.2, 0.25) is 5.91 Å². The average Bonchev–Trinajstić information content (AvgIpc) is 2.42. The minimum Gasteiger partial charge on any atom is -0.394 e. The van der Waals surface area contributed by atoms with E-state index in [9.17, 15) is 4.79 Å². The molecule has 19 heavy (non-hydrogen) atoms. The van der Waals surface area contributed by atoms with Crippen LogP contribution in [0.5, 0.6) is 0 Å². The maximum atomic E-state index is 11.6. The summed E-state index contributed by atoms with van der Waals surface area (Å²) in [6, 6.07) is 2.58. The third-order valence-corrected chi connectivity index (χ3v) is 2.08. The van der Waals surface area contributed by atoms with E-state index in [2.05, 4.69) is 16.2 Å². The first kappa shape index (κ1) is 17.8. The Balaban J connectivity index is 3.56. The number of hydrogen-bond donors (Lipinski definition) is 3. The Morgan fingerprint density at radius 3 is 2.63 bits per heavy atom. The number of aliphatic hydroxyl groups is 1. The molecule has 0 rings (SSSR count). The summed E-state index contributed by atoms with van der Waals surface area (Å²) in [5, 5.41) is 11.6. The van der Waals surface area contributed by atoms with Crippen LogP contribution in [0, 0.1) is 12.0 Å². The maximum Gasteiger partial charge on any atom is 0.288 e. The maximum absolute atomic E-state index is 11.6. The van der Waals surface area contributed by atoms with Crippen LogP contribution in [0.1, 0.15) is 6.92 Å². The molecule has 0 aromatic heterocycles. The number of hydrogen-bond acceptors (Lipinski definition) is 5. The van der Waals surface area contributed by atoms with Crippen molar-refractivity contribution < 1.29 is 19.4 Å². The minimum atomic E-state index is -0.715. The van der Waals surface area contributed by atoms with Crippen molar-refractivity contribution in [3.05, 3.63) is 4.85 Å². The number of carbonyl (C=O) groups is 1. The molecule has 110 valence electrons. The summed E-state index contributed by atoms with van der Waals surface area (Å²) in [5.74, 6) is -1.02. The van der Waals surface area contributed by atoms with E-state index < -0.39 is 5.92 Å². The largest absolute Gasteiger partial charge is 0.394 e. The Morgan fingerprint density at radius 2 is 2.05 bits per heavy atom. The van der Waals surface area contributed by atoms with Gasteiger partial charge in [-0.3, -0.25) is 4.79 Å². The molecule has 0 aromatic carbocycles. The Labute approximate surface area is 113 Å². The van der Waals surface area contributed by atoms with Crippen molar-refractivity contribution in [2.24, 2.45) is 11.7 Å². The first-order chi connectivity index (χ1) is 9.26. The summed E-state index contributed by atoms with van der Waals surface area (Å²) in [4.78, 5) is 15.4. The molecule has 0 spiro atoms. The number of nitrogens with zero attached hydrogens (tertiary/aromatic N) is 1. The van der Waals surface area contributed by atoms with Crippen molar-refractivity contribution in [1.82, 2.24) is 5.32 Å². The van der Waals surface area contributed by atoms with E-state index in [1.807, 2.05) is 6.92 Å². The fraction of sp³-hybridized carbons (Fsp3) is 0.833. The van der Waals surface area contributed by atoms with E-state index in [4.69, 9.17) is 20.3 Å². The standard InChI is InChI=1S/C12H23N3O4/c1-2-14-9-11(10-16)12(17)15-4-6-19-8-7-18-5-3-13/h11,16H,2-8,10,13H2,1H3/p+1. The van der Waals surface area contributed by atoms with Crippen LogP contribution < -0.4 is 11.1 Å². The second-order valence-corrected chi connectivity index (χ2v) is 3.64. The highest BCUT2D eigenvalue weighted by Crippen LogP contribution is 1.93. The third kappa shape index (κ3) is 10.4. The highest BCUT2D eigenvalue weighted by atomic mass is 16.5. The first-order valence-corrected chi connectivity index (χ1v) is 6.42. The Bertz CT molecular complexity index is 288. The van der Waals surface area contributed by atoms with Gasteiger partial charge in [-0.05, 0) is 0 Å². The fourth-order valence-electron chi connectivity index (χ4n) is 1.16. The van der Waals surface area contributed by atoms with Crippen LogP contribution in [0.2, 0.25) is 0 Å². The number of nitrogens with one attached hydrogen (secondary N) is 1. The van der Waals surface area contributed by atoms with E-state index in [1.54, 1.807) is 0 Å². The molecule has 0 aliphatic heterocycles. The van der Waals surface area contributed by atoms with E-state index in [-0.39, 0.29) is 12.5 Å². The van der Waals surface area contributed by atoms with Gasteiger partial charge < -0.3 is 25.6 Å². The molecule has 1 amide bonds. The Morgan fingerprint density at radius 1 is 1.37 bits per heavy atom. The smallest absolute Gasteiger partial charge is 0.288 e. The fourth-order valence-corrected chi connectivity index (χ4v) is 1.16. The molecule has 0 saturated heterocycles. The molecule has 7 nitrogen and oxygen atoms in total. The monoisotopic (exact) mass is 274 g/mol. The molecular weight excluding hydrogens is 250 g/mol. The van der Waals surface area contributed by atoms with Gasteiger partial charge in [-0.1, -0.05) is 4.85 Å². The molecule has 0 aromatic rings. The van der Waals surface area contributed by atoms with Crippen molar-refractivity contribution in [1.29, 1.82) is 0 Å². The van der Waals surface area contributed by atoms with Crippen molar-refractivity contribution in [2.75, 3.05) is 52.7 Å². The molecule has 0 heterocycles. The van der Waals surface area contributed by atoms with Gasteiger partial charge in [-0.2, -0.15) is 0 Å². The number of carbonyl (C=O) groups excluding carboxylic acids is 1. The number of amides is 1. The van der Waals surface area contributed by atoms with Gasteiger partial charge in [-0.15, -0.1) is 0 Å². The summed E-state index contributed by atoms with van der Waals surface area (Å²) in [6.07, 6.45) is 0. The van der Waals surface area contributed by atoms with E-state index >= 15 is 0 Å². The molecule has 0 aliphatic rings. The molecule has 1 unspecified atom stereocenters. The number of ether oxygens (including phenoxy) is 2. The lowest BCUT2D eigenvalue weighted by Gasteiger charge is -2.07. The van der Waals surface area contributed by atoms with Crippen molar-refractivity contribution in [3.8, 4) is 6.07 Å². The lowest BCUT2D eigenvalue weighted by atomic mass is 10.2. The van der Waals surface area contributed by atoms with Crippen molar-refractivity contribution in [3.63, 3.8) is 0 Å². The van der Waals surface area contributed by atoms with Gasteiger partial charge in [0, 0.05) is 20.0 Å². The van der Waals surface area contributed by atoms with E-state index in [0.717, 1.165) is 0 Å². The van der Waals surface area contributed by atoms with Crippen LogP contribution in [0.25, 0.3) is 4.85 Å². The normalized spacial score (nSPS) is 11.5. The van der Waals surface area contributed by atoms with E-state index in [1.165, 1.54) is 0 Å². The number of nitrogens with two attached hydrogens (primary N) is 1. The summed E-state index contributed by atoms with van der Waals surface area (Å²) >= 11 is 0. The van der Waals surface area contributed by atoms with Gasteiger partial charge in [0.05, 0.1) is 33.0 Å². The lowest BCUT2D eigenvalue weighted by Crippen LogP contribution is -2.34. The molecule has 0 radical (unpaired) electrons. The van der Waals surface area contributed by atoms with E-state index in [0.29, 0.717) is 46.1 Å². The van der Waals surface area contributed by atoms with Crippen LogP contribution >= 0.6 is 0 Å². The zero-order chi connectivity index (χ0) is 14.3. The topological polar surface area (TPSA) is 98.2 Å². The summed E-state index contributed by atoms with van der Waals surface area (Å²) < 4.78 is 10.4. The van der Waals surface area contributed by atoms with Crippen LogP contribution in [-0.2, 0) is 14.3 Å². The van der Waals surface area contributed by atoms with Gasteiger partial charge in [0.1, 0.15) is 0 Å². The highest BCUT2D eigenvalue weighted by Gasteiger charge is 2.19. The average molecular weight is 274 g/mol. The molecule has 0 saturated carbocycles. The van der Waals surface area contributed by atoms with Crippen molar-refractivity contribution in [2.45, 2.75) is 6.92 Å². The molecule has 0 fully saturated rings. The zero-order valence-corrected chi connectivity index (χ0v) is 11.4. The minimum absolute atomic E-state index is 0.302. The Kier molecular flexibility index (Phi) is 12.4. The lowest BCUT2D eigenvalue weighted by molar-refractivity contribution is -0.124. The third-order valence-electron chi connectivity index (χ3n) is 2.08. The van der Waals surface area contributed by atoms with Gasteiger partial charge in [-0.25, -0.2) is 0 Å². The molecule has 4 N–H and O–H groups in total. The van der Waals surface area contributed by atoms with Gasteiger partial charge in [0.15, 0.2) is 5.92 Å². The molecule has 0 bridgehead atoms. The second-order valence-electron chi connectivity index (χ2n) is 3.64. The number of rotatable bonds is 10. The van der Waals surface area contributed by atoms with Crippen LogP contribution in [0.3, 0.4) is 0 Å². The molecule has 0 aliphatic carbocycles. The molecule has 1 atom stereocenters. The van der Waals surface area contributed by atoms with Gasteiger partial charge in [0.25, 0.3) is 12.6 Å². The highest BCUT2D eigenvalue weighted by molar-refractivity contribution is 5.81. The van der Waals surface area contributed by atoms with Crippen LogP contribution in [0.15, 0.2) is 0 Å².